The highest BCUT2D eigenvalue weighted by atomic mass is 79.9. The first-order chi connectivity index (χ1) is 14.5. The number of nitrogens with one attached hydrogen (secondary N) is 2. The smallest absolute Gasteiger partial charge is 0.217 e. The molecule has 174 valence electrons. The van der Waals surface area contributed by atoms with Crippen molar-refractivity contribution >= 4 is 21.8 Å². The monoisotopic (exact) mass is 500 g/mol. The van der Waals surface area contributed by atoms with Gasteiger partial charge in [-0.25, -0.2) is 8.78 Å². The van der Waals surface area contributed by atoms with Gasteiger partial charge in [0, 0.05) is 29.9 Å². The number of allylic oxidation sites excluding steroid dienone is 4. The maximum atomic E-state index is 12.7. The van der Waals surface area contributed by atoms with Gasteiger partial charge in [0.15, 0.2) is 0 Å². The van der Waals surface area contributed by atoms with E-state index in [-0.39, 0.29) is 23.9 Å². The molecule has 0 bridgehead atoms. The summed E-state index contributed by atoms with van der Waals surface area (Å²) in [5.41, 5.74) is 2.17. The van der Waals surface area contributed by atoms with Crippen LogP contribution in [0.2, 0.25) is 0 Å². The summed E-state index contributed by atoms with van der Waals surface area (Å²) in [6.07, 6.45) is 3.48. The van der Waals surface area contributed by atoms with Crippen LogP contribution in [0, 0.1) is 0 Å². The van der Waals surface area contributed by atoms with E-state index in [2.05, 4.69) is 38.7 Å². The van der Waals surface area contributed by atoms with Crippen molar-refractivity contribution in [1.82, 2.24) is 10.6 Å². The van der Waals surface area contributed by atoms with Crippen molar-refractivity contribution in [2.24, 2.45) is 0 Å². The molecule has 3 N–H and O–H groups in total. The highest BCUT2D eigenvalue weighted by Gasteiger charge is 2.44. The van der Waals surface area contributed by atoms with Gasteiger partial charge < -0.3 is 15.7 Å². The molecule has 0 heterocycles. The third-order valence-electron chi connectivity index (χ3n) is 5.21. The molecule has 1 amide bonds. The molecule has 1 aliphatic carbocycles. The Morgan fingerprint density at radius 2 is 1.97 bits per heavy atom. The Morgan fingerprint density at radius 1 is 1.32 bits per heavy atom. The zero-order valence-corrected chi connectivity index (χ0v) is 20.6. The molecule has 7 heteroatoms. The summed E-state index contributed by atoms with van der Waals surface area (Å²) in [6, 6.07) is 8.00. The standard InChI is InChI=1S/C15H21BrN2O2.C9H14F2/c1-10(18-11(2)19)14(20)9-17-15(6-7-15)12-4-3-5-13(16)8-12;1-4-7(2)5-9(11)6-8(3)10/h3-5,8,10,14,17,20H,6-7,9H2,1-2H3,(H,18,19);4,6,9H,5H2,1-3H3/b;7-4-,8-6+/t10?,14-;/m1./s1. The van der Waals surface area contributed by atoms with Crippen molar-refractivity contribution in [1.29, 1.82) is 0 Å². The van der Waals surface area contributed by atoms with Crippen LogP contribution in [-0.2, 0) is 10.3 Å². The number of rotatable bonds is 9. The molecule has 0 aliphatic heterocycles. The SMILES string of the molecule is C/C=C(/C)CC(F)/C=C(\C)F.CC(=O)NC(C)[C@H](O)CNC1(c2cccc(Br)c2)CC1. The fraction of sp³-hybridized carbons (Fsp3) is 0.542. The Bertz CT molecular complexity index is 775. The summed E-state index contributed by atoms with van der Waals surface area (Å²) in [6.45, 7) is 8.65. The third-order valence-corrected chi connectivity index (χ3v) is 5.70. The van der Waals surface area contributed by atoms with Crippen LogP contribution in [0.15, 0.2) is 52.3 Å². The minimum absolute atomic E-state index is 0.0132. The molecule has 0 aromatic heterocycles. The lowest BCUT2D eigenvalue weighted by Gasteiger charge is -2.24. The van der Waals surface area contributed by atoms with Gasteiger partial charge in [-0.1, -0.05) is 39.7 Å². The first kappa shape index (κ1) is 27.5. The zero-order valence-electron chi connectivity index (χ0n) is 19.0. The number of hydrogen-bond acceptors (Lipinski definition) is 3. The van der Waals surface area contributed by atoms with Gasteiger partial charge in [0.05, 0.1) is 18.0 Å². The molecule has 0 spiro atoms. The number of benzene rings is 1. The number of hydrogen-bond donors (Lipinski definition) is 3. The van der Waals surface area contributed by atoms with Crippen LogP contribution in [0.4, 0.5) is 8.78 Å². The van der Waals surface area contributed by atoms with E-state index in [0.29, 0.717) is 6.54 Å². The quantitative estimate of drug-likeness (QED) is 0.394. The number of amides is 1. The molecule has 1 aromatic carbocycles. The average molecular weight is 501 g/mol. The van der Waals surface area contributed by atoms with Crippen LogP contribution in [-0.4, -0.2) is 35.9 Å². The van der Waals surface area contributed by atoms with E-state index in [1.165, 1.54) is 19.4 Å². The summed E-state index contributed by atoms with van der Waals surface area (Å²) in [5.74, 6) is -0.578. The van der Waals surface area contributed by atoms with Gasteiger partial charge in [0.2, 0.25) is 5.91 Å². The van der Waals surface area contributed by atoms with Gasteiger partial charge in [-0.05, 0) is 64.3 Å². The van der Waals surface area contributed by atoms with Crippen molar-refractivity contribution in [2.45, 2.75) is 77.7 Å². The molecular formula is C24H35BrF2N2O2. The fourth-order valence-corrected chi connectivity index (χ4v) is 3.50. The minimum atomic E-state index is -1.18. The molecule has 0 saturated heterocycles. The molecule has 4 nitrogen and oxygen atoms in total. The predicted octanol–water partition coefficient (Wildman–Crippen LogP) is 5.47. The Labute approximate surface area is 193 Å². The van der Waals surface area contributed by atoms with Crippen LogP contribution >= 0.6 is 15.9 Å². The minimum Gasteiger partial charge on any atom is -0.390 e. The lowest BCUT2D eigenvalue weighted by Crippen LogP contribution is -2.46. The van der Waals surface area contributed by atoms with E-state index in [1.54, 1.807) is 0 Å². The molecular weight excluding hydrogens is 466 g/mol. The largest absolute Gasteiger partial charge is 0.390 e. The van der Waals surface area contributed by atoms with Gasteiger partial charge in [0.25, 0.3) is 0 Å². The van der Waals surface area contributed by atoms with Crippen molar-refractivity contribution in [3.63, 3.8) is 0 Å². The van der Waals surface area contributed by atoms with E-state index < -0.39 is 18.1 Å². The van der Waals surface area contributed by atoms with Gasteiger partial charge in [0.1, 0.15) is 6.17 Å². The van der Waals surface area contributed by atoms with Crippen molar-refractivity contribution in [3.05, 3.63) is 57.9 Å². The van der Waals surface area contributed by atoms with E-state index in [0.717, 1.165) is 29.0 Å². The number of carbonyl (C=O) groups is 1. The lowest BCUT2D eigenvalue weighted by atomic mass is 10.0. The van der Waals surface area contributed by atoms with Crippen LogP contribution < -0.4 is 10.6 Å². The van der Waals surface area contributed by atoms with Crippen LogP contribution in [0.5, 0.6) is 0 Å². The summed E-state index contributed by atoms with van der Waals surface area (Å²) >= 11 is 3.49. The first-order valence-corrected chi connectivity index (χ1v) is 11.3. The van der Waals surface area contributed by atoms with Gasteiger partial charge in [-0.15, -0.1) is 0 Å². The molecule has 1 saturated carbocycles. The normalized spacial score (nSPS) is 18.4. The maximum absolute atomic E-state index is 12.7. The van der Waals surface area contributed by atoms with Crippen LogP contribution in [0.25, 0.3) is 0 Å². The van der Waals surface area contributed by atoms with Gasteiger partial charge in [-0.3, -0.25) is 4.79 Å². The number of carbonyl (C=O) groups excluding carboxylic acids is 1. The van der Waals surface area contributed by atoms with E-state index in [4.69, 9.17) is 0 Å². The second-order valence-electron chi connectivity index (χ2n) is 8.14. The first-order valence-electron chi connectivity index (χ1n) is 10.5. The van der Waals surface area contributed by atoms with Gasteiger partial charge in [-0.2, -0.15) is 0 Å². The molecule has 2 unspecified atom stereocenters. The second kappa shape index (κ2) is 13.1. The molecule has 1 fully saturated rings. The maximum Gasteiger partial charge on any atom is 0.217 e. The summed E-state index contributed by atoms with van der Waals surface area (Å²) in [4.78, 5) is 11.0. The summed E-state index contributed by atoms with van der Waals surface area (Å²) < 4.78 is 25.9. The molecule has 1 aliphatic rings. The molecule has 3 atom stereocenters. The molecule has 2 rings (SSSR count). The zero-order chi connectivity index (χ0) is 23.6. The van der Waals surface area contributed by atoms with Gasteiger partial charge >= 0.3 is 0 Å². The van der Waals surface area contributed by atoms with Crippen molar-refractivity contribution < 1.29 is 18.7 Å². The Hall–Kier alpha value is -1.57. The highest BCUT2D eigenvalue weighted by molar-refractivity contribution is 9.10. The molecule has 1 aromatic rings. The molecule has 0 radical (unpaired) electrons. The van der Waals surface area contributed by atoms with E-state index >= 15 is 0 Å². The fourth-order valence-electron chi connectivity index (χ4n) is 3.11. The number of alkyl halides is 1. The third kappa shape index (κ3) is 10.5. The number of halogens is 3. The van der Waals surface area contributed by atoms with E-state index in [1.807, 2.05) is 39.0 Å². The Morgan fingerprint density at radius 3 is 2.45 bits per heavy atom. The predicted molar refractivity (Wildman–Crippen MR) is 126 cm³/mol. The summed E-state index contributed by atoms with van der Waals surface area (Å²) in [5, 5.41) is 16.2. The number of aliphatic hydroxyl groups is 1. The summed E-state index contributed by atoms with van der Waals surface area (Å²) in [7, 11) is 0. The highest BCUT2D eigenvalue weighted by Crippen LogP contribution is 2.45. The topological polar surface area (TPSA) is 61.4 Å². The number of aliphatic hydroxyl groups excluding tert-OH is 1. The second-order valence-corrected chi connectivity index (χ2v) is 9.05. The van der Waals surface area contributed by atoms with Crippen molar-refractivity contribution in [2.75, 3.05) is 6.54 Å². The molecule has 31 heavy (non-hydrogen) atoms. The Kier molecular flexibility index (Phi) is 11.6. The average Bonchev–Trinajstić information content (AvgIpc) is 3.46. The van der Waals surface area contributed by atoms with Crippen molar-refractivity contribution in [3.8, 4) is 0 Å². The van der Waals surface area contributed by atoms with Crippen LogP contribution in [0.3, 0.4) is 0 Å². The van der Waals surface area contributed by atoms with Crippen LogP contribution in [0.1, 0.15) is 59.4 Å². The van der Waals surface area contributed by atoms with E-state index in [9.17, 15) is 18.7 Å². The lowest BCUT2D eigenvalue weighted by molar-refractivity contribution is -0.120. The Balaban J connectivity index is 0.000000373.